The summed E-state index contributed by atoms with van der Waals surface area (Å²) < 4.78 is 16.9. The van der Waals surface area contributed by atoms with Crippen LogP contribution in [0.15, 0.2) is 42.5 Å². The fraction of sp³-hybridized carbons (Fsp3) is 0.500. The number of hydrogen-bond donors (Lipinski definition) is 2. The van der Waals surface area contributed by atoms with Crippen LogP contribution < -0.4 is 24.8 Å². The molecule has 4 rings (SSSR count). The van der Waals surface area contributed by atoms with Crippen LogP contribution in [0, 0.1) is 11.8 Å². The Morgan fingerprint density at radius 2 is 1.72 bits per heavy atom. The van der Waals surface area contributed by atoms with E-state index >= 15 is 0 Å². The van der Waals surface area contributed by atoms with Gasteiger partial charge in [0.2, 0.25) is 5.91 Å². The Labute approximate surface area is 190 Å². The average molecular weight is 439 g/mol. The number of ether oxygens (including phenoxy) is 3. The van der Waals surface area contributed by atoms with E-state index in [2.05, 4.69) is 36.6 Å². The number of carbonyl (C=O) groups is 1. The molecule has 2 N–H and O–H groups in total. The SMILES string of the molecule is COc1ccc(C(NCC(=O)NC(c2ccc3c(c2)OCCCO3)C(C)C)C2CC2)cc1. The number of nitrogens with one attached hydrogen (secondary N) is 2. The Balaban J connectivity index is 1.40. The third-order valence-corrected chi connectivity index (χ3v) is 6.16. The number of carbonyl (C=O) groups excluding carboxylic acids is 1. The van der Waals surface area contributed by atoms with E-state index in [9.17, 15) is 4.79 Å². The Hall–Kier alpha value is -2.73. The van der Waals surface area contributed by atoms with E-state index in [0.29, 0.717) is 19.1 Å². The van der Waals surface area contributed by atoms with Gasteiger partial charge in [-0.25, -0.2) is 0 Å². The third kappa shape index (κ3) is 5.54. The molecule has 1 fully saturated rings. The van der Waals surface area contributed by atoms with Crippen molar-refractivity contribution in [2.24, 2.45) is 11.8 Å². The minimum atomic E-state index is -0.0955. The summed E-state index contributed by atoms with van der Waals surface area (Å²) in [5.74, 6) is 3.19. The largest absolute Gasteiger partial charge is 0.497 e. The highest BCUT2D eigenvalue weighted by Gasteiger charge is 2.32. The van der Waals surface area contributed by atoms with Crippen molar-refractivity contribution in [3.05, 3.63) is 53.6 Å². The molecule has 172 valence electrons. The molecule has 0 aromatic heterocycles. The quantitative estimate of drug-likeness (QED) is 0.607. The number of benzene rings is 2. The zero-order valence-electron chi connectivity index (χ0n) is 19.2. The number of rotatable bonds is 9. The van der Waals surface area contributed by atoms with Crippen molar-refractivity contribution in [1.82, 2.24) is 10.6 Å². The van der Waals surface area contributed by atoms with Crippen LogP contribution in [-0.4, -0.2) is 32.8 Å². The number of fused-ring (bicyclic) bond motifs is 1. The van der Waals surface area contributed by atoms with Crippen LogP contribution in [-0.2, 0) is 4.79 Å². The minimum Gasteiger partial charge on any atom is -0.497 e. The van der Waals surface area contributed by atoms with Gasteiger partial charge in [-0.05, 0) is 60.1 Å². The van der Waals surface area contributed by atoms with Gasteiger partial charge in [-0.15, -0.1) is 0 Å². The highest BCUT2D eigenvalue weighted by Crippen LogP contribution is 2.41. The molecular formula is C26H34N2O4. The molecule has 0 saturated heterocycles. The van der Waals surface area contributed by atoms with E-state index in [-0.39, 0.29) is 30.5 Å². The maximum Gasteiger partial charge on any atom is 0.234 e. The normalized spacial score (nSPS) is 17.4. The van der Waals surface area contributed by atoms with Crippen LogP contribution >= 0.6 is 0 Å². The number of hydrogen-bond acceptors (Lipinski definition) is 5. The van der Waals surface area contributed by atoms with Crippen LogP contribution in [0.1, 0.15) is 56.3 Å². The molecule has 0 radical (unpaired) electrons. The van der Waals surface area contributed by atoms with Gasteiger partial charge in [0.25, 0.3) is 0 Å². The lowest BCUT2D eigenvalue weighted by molar-refractivity contribution is -0.121. The highest BCUT2D eigenvalue weighted by molar-refractivity contribution is 5.78. The van der Waals surface area contributed by atoms with Gasteiger partial charge in [-0.3, -0.25) is 4.79 Å². The fourth-order valence-electron chi connectivity index (χ4n) is 4.23. The second kappa shape index (κ2) is 10.3. The summed E-state index contributed by atoms with van der Waals surface area (Å²) >= 11 is 0. The van der Waals surface area contributed by atoms with Gasteiger partial charge in [0, 0.05) is 12.5 Å². The molecule has 0 spiro atoms. The smallest absolute Gasteiger partial charge is 0.234 e. The maximum absolute atomic E-state index is 12.9. The summed E-state index contributed by atoms with van der Waals surface area (Å²) in [6.07, 6.45) is 3.25. The predicted octanol–water partition coefficient (Wildman–Crippen LogP) is 4.41. The maximum atomic E-state index is 12.9. The van der Waals surface area contributed by atoms with Gasteiger partial charge < -0.3 is 24.8 Å². The molecule has 6 nitrogen and oxygen atoms in total. The molecule has 2 atom stereocenters. The molecule has 2 unspecified atom stereocenters. The first-order valence-electron chi connectivity index (χ1n) is 11.6. The van der Waals surface area contributed by atoms with Crippen molar-refractivity contribution >= 4 is 5.91 Å². The lowest BCUT2D eigenvalue weighted by atomic mass is 9.95. The molecule has 1 heterocycles. The molecule has 1 amide bonds. The molecule has 1 saturated carbocycles. The Morgan fingerprint density at radius 3 is 2.38 bits per heavy atom. The van der Waals surface area contributed by atoms with Crippen molar-refractivity contribution in [2.75, 3.05) is 26.9 Å². The van der Waals surface area contributed by atoms with E-state index < -0.39 is 0 Å². The summed E-state index contributed by atoms with van der Waals surface area (Å²) in [5, 5.41) is 6.71. The van der Waals surface area contributed by atoms with E-state index in [1.807, 2.05) is 30.3 Å². The van der Waals surface area contributed by atoms with Crippen molar-refractivity contribution < 1.29 is 19.0 Å². The van der Waals surface area contributed by atoms with Crippen LogP contribution in [0.2, 0.25) is 0 Å². The first kappa shape index (κ1) is 22.5. The second-order valence-corrected chi connectivity index (χ2v) is 9.02. The lowest BCUT2D eigenvalue weighted by Gasteiger charge is -2.25. The first-order chi connectivity index (χ1) is 15.5. The zero-order chi connectivity index (χ0) is 22.5. The van der Waals surface area contributed by atoms with Gasteiger partial charge in [-0.2, -0.15) is 0 Å². The summed E-state index contributed by atoms with van der Waals surface area (Å²) in [6.45, 7) is 5.82. The van der Waals surface area contributed by atoms with Crippen LogP contribution in [0.4, 0.5) is 0 Å². The minimum absolute atomic E-state index is 0.00465. The summed E-state index contributed by atoms with van der Waals surface area (Å²) in [4.78, 5) is 12.9. The van der Waals surface area contributed by atoms with Crippen molar-refractivity contribution in [1.29, 1.82) is 0 Å². The number of methoxy groups -OCH3 is 1. The van der Waals surface area contributed by atoms with Gasteiger partial charge >= 0.3 is 0 Å². The molecule has 2 aromatic rings. The lowest BCUT2D eigenvalue weighted by Crippen LogP contribution is -2.39. The van der Waals surface area contributed by atoms with Gasteiger partial charge in [0.05, 0.1) is 32.9 Å². The van der Waals surface area contributed by atoms with Gasteiger partial charge in [-0.1, -0.05) is 32.0 Å². The summed E-state index contributed by atoms with van der Waals surface area (Å²) in [5.41, 5.74) is 2.23. The molecule has 32 heavy (non-hydrogen) atoms. The topological polar surface area (TPSA) is 68.8 Å². The Bertz CT molecular complexity index is 909. The monoisotopic (exact) mass is 438 g/mol. The molecule has 0 bridgehead atoms. The Kier molecular flexibility index (Phi) is 7.20. The van der Waals surface area contributed by atoms with Crippen LogP contribution in [0.5, 0.6) is 17.2 Å². The molecule has 1 aliphatic carbocycles. The van der Waals surface area contributed by atoms with E-state index in [0.717, 1.165) is 29.2 Å². The Morgan fingerprint density at radius 1 is 1.03 bits per heavy atom. The van der Waals surface area contributed by atoms with E-state index in [1.54, 1.807) is 7.11 Å². The van der Waals surface area contributed by atoms with Crippen molar-refractivity contribution in [2.45, 2.75) is 45.2 Å². The summed E-state index contributed by atoms with van der Waals surface area (Å²) in [7, 11) is 1.67. The molecule has 2 aliphatic rings. The second-order valence-electron chi connectivity index (χ2n) is 9.02. The molecular weight excluding hydrogens is 404 g/mol. The van der Waals surface area contributed by atoms with E-state index in [4.69, 9.17) is 14.2 Å². The summed E-state index contributed by atoms with van der Waals surface area (Å²) in [6, 6.07) is 14.2. The molecule has 2 aromatic carbocycles. The van der Waals surface area contributed by atoms with E-state index in [1.165, 1.54) is 18.4 Å². The highest BCUT2D eigenvalue weighted by atomic mass is 16.5. The first-order valence-corrected chi connectivity index (χ1v) is 11.6. The van der Waals surface area contributed by atoms with Gasteiger partial charge in [0.1, 0.15) is 5.75 Å². The van der Waals surface area contributed by atoms with Gasteiger partial charge in [0.15, 0.2) is 11.5 Å². The standard InChI is InChI=1S/C26H34N2O4/c1-17(2)25(20-9-12-22-23(15-20)32-14-4-13-31-22)28-24(29)16-27-26(18-5-6-18)19-7-10-21(30-3)11-8-19/h7-12,15,17-18,25-27H,4-6,13-14,16H2,1-3H3,(H,28,29). The molecule has 1 aliphatic heterocycles. The number of amides is 1. The fourth-order valence-corrected chi connectivity index (χ4v) is 4.23. The van der Waals surface area contributed by atoms with Crippen molar-refractivity contribution in [3.8, 4) is 17.2 Å². The average Bonchev–Trinajstić information content (AvgIpc) is 3.65. The zero-order valence-corrected chi connectivity index (χ0v) is 19.2. The molecule has 6 heteroatoms. The van der Waals surface area contributed by atoms with Crippen LogP contribution in [0.3, 0.4) is 0 Å². The van der Waals surface area contributed by atoms with Crippen LogP contribution in [0.25, 0.3) is 0 Å². The van der Waals surface area contributed by atoms with Crippen molar-refractivity contribution in [3.63, 3.8) is 0 Å². The predicted molar refractivity (Wildman–Crippen MR) is 124 cm³/mol. The third-order valence-electron chi connectivity index (χ3n) is 6.16.